The van der Waals surface area contributed by atoms with Crippen molar-refractivity contribution in [3.05, 3.63) is 39.3 Å². The van der Waals surface area contributed by atoms with Crippen LogP contribution in [0.3, 0.4) is 0 Å². The number of piperazine rings is 1. The predicted molar refractivity (Wildman–Crippen MR) is 101 cm³/mol. The minimum atomic E-state index is -0.0806. The fourth-order valence-electron chi connectivity index (χ4n) is 3.24. The molecule has 2 aromatic rings. The molecule has 0 amide bonds. The van der Waals surface area contributed by atoms with Gasteiger partial charge in [-0.1, -0.05) is 23.5 Å². The number of methoxy groups -OCH3 is 1. The average molecular weight is 363 g/mol. The predicted octanol–water partition coefficient (Wildman–Crippen LogP) is 2.23. The van der Waals surface area contributed by atoms with Gasteiger partial charge in [-0.2, -0.15) is 0 Å². The van der Waals surface area contributed by atoms with Crippen LogP contribution in [-0.2, 0) is 6.54 Å². The largest absolute Gasteiger partial charge is 0.495 e. The quantitative estimate of drug-likeness (QED) is 0.765. The van der Waals surface area contributed by atoms with Gasteiger partial charge in [0.2, 0.25) is 5.88 Å². The Bertz CT molecular complexity index is 735. The summed E-state index contributed by atoms with van der Waals surface area (Å²) in [4.78, 5) is 16.3. The third-order valence-corrected chi connectivity index (χ3v) is 5.42. The van der Waals surface area contributed by atoms with Crippen molar-refractivity contribution in [2.45, 2.75) is 19.4 Å². The summed E-state index contributed by atoms with van der Waals surface area (Å²) in [5.74, 6) is 1.01. The molecule has 1 aromatic heterocycles. The van der Waals surface area contributed by atoms with Gasteiger partial charge < -0.3 is 14.7 Å². The van der Waals surface area contributed by atoms with Crippen LogP contribution >= 0.6 is 11.3 Å². The maximum atomic E-state index is 11.6. The van der Waals surface area contributed by atoms with E-state index >= 15 is 0 Å². The minimum absolute atomic E-state index is 0.0806. The van der Waals surface area contributed by atoms with E-state index in [9.17, 15) is 9.90 Å². The Labute approximate surface area is 151 Å². The second-order valence-electron chi connectivity index (χ2n) is 6.22. The zero-order chi connectivity index (χ0) is 17.6. The van der Waals surface area contributed by atoms with Crippen LogP contribution in [0.5, 0.6) is 11.6 Å². The Morgan fingerprint density at radius 3 is 2.52 bits per heavy atom. The van der Waals surface area contributed by atoms with Crippen molar-refractivity contribution in [2.75, 3.05) is 44.7 Å². The van der Waals surface area contributed by atoms with E-state index in [1.165, 1.54) is 9.95 Å². The van der Waals surface area contributed by atoms with Crippen LogP contribution in [0, 0.1) is 0 Å². The smallest absolute Gasteiger partial charge is 0.309 e. The third kappa shape index (κ3) is 4.35. The highest BCUT2D eigenvalue weighted by Gasteiger charge is 2.19. The molecule has 25 heavy (non-hydrogen) atoms. The first kappa shape index (κ1) is 17.8. The summed E-state index contributed by atoms with van der Waals surface area (Å²) in [7, 11) is 1.71. The molecule has 1 aromatic carbocycles. The molecule has 0 saturated carbocycles. The summed E-state index contributed by atoms with van der Waals surface area (Å²) >= 11 is 1.05. The van der Waals surface area contributed by atoms with E-state index in [2.05, 4.69) is 15.9 Å². The van der Waals surface area contributed by atoms with Crippen molar-refractivity contribution in [1.82, 2.24) is 9.47 Å². The summed E-state index contributed by atoms with van der Waals surface area (Å²) in [5.41, 5.74) is 1.16. The summed E-state index contributed by atoms with van der Waals surface area (Å²) in [6.45, 7) is 5.66. The number of unbranched alkanes of at least 4 members (excludes halogenated alkanes) is 1. The number of hydrogen-bond acceptors (Lipinski definition) is 6. The molecule has 1 aliphatic rings. The number of nitrogens with zero attached hydrogens (tertiary/aromatic N) is 3. The molecular formula is C18H25N3O3S. The maximum Gasteiger partial charge on any atom is 0.309 e. The number of ether oxygens (including phenoxy) is 1. The standard InChI is InChI=1S/C18H25N3O3S/c1-24-16-7-3-2-6-15(16)20-12-10-19(11-13-20)8-4-5-9-21-17(22)14-25-18(21)23/h2-3,6-7,14,22H,4-5,8-13H2,1H3. The molecule has 0 bridgehead atoms. The van der Waals surface area contributed by atoms with E-state index in [-0.39, 0.29) is 10.8 Å². The van der Waals surface area contributed by atoms with Crippen molar-refractivity contribution in [2.24, 2.45) is 0 Å². The first-order valence-electron chi connectivity index (χ1n) is 8.66. The molecule has 3 rings (SSSR count). The summed E-state index contributed by atoms with van der Waals surface area (Å²) < 4.78 is 6.91. The lowest BCUT2D eigenvalue weighted by molar-refractivity contribution is 0.250. The van der Waals surface area contributed by atoms with Crippen LogP contribution in [0.25, 0.3) is 0 Å². The molecule has 1 fully saturated rings. The first-order valence-corrected chi connectivity index (χ1v) is 9.54. The monoisotopic (exact) mass is 363 g/mol. The Hall–Kier alpha value is -1.99. The number of para-hydroxylation sites is 2. The number of aromatic hydroxyl groups is 1. The van der Waals surface area contributed by atoms with Gasteiger partial charge in [-0.05, 0) is 31.5 Å². The number of hydrogen-bond donors (Lipinski definition) is 1. The van der Waals surface area contributed by atoms with Gasteiger partial charge in [-0.25, -0.2) is 0 Å². The van der Waals surface area contributed by atoms with Crippen LogP contribution < -0.4 is 14.5 Å². The molecule has 136 valence electrons. The van der Waals surface area contributed by atoms with Crippen molar-refractivity contribution < 1.29 is 9.84 Å². The molecule has 1 N–H and O–H groups in total. The van der Waals surface area contributed by atoms with Gasteiger partial charge in [0.15, 0.2) is 0 Å². The fraction of sp³-hybridized carbons (Fsp3) is 0.500. The van der Waals surface area contributed by atoms with Crippen LogP contribution in [0.2, 0.25) is 0 Å². The van der Waals surface area contributed by atoms with Crippen LogP contribution in [0.4, 0.5) is 5.69 Å². The highest BCUT2D eigenvalue weighted by molar-refractivity contribution is 7.07. The molecule has 1 aliphatic heterocycles. The Morgan fingerprint density at radius 1 is 1.12 bits per heavy atom. The molecule has 1 saturated heterocycles. The van der Waals surface area contributed by atoms with Gasteiger partial charge >= 0.3 is 4.87 Å². The molecule has 0 spiro atoms. The van der Waals surface area contributed by atoms with Gasteiger partial charge in [0.05, 0.1) is 18.2 Å². The van der Waals surface area contributed by atoms with Gasteiger partial charge in [0.25, 0.3) is 0 Å². The van der Waals surface area contributed by atoms with Crippen molar-refractivity contribution in [3.8, 4) is 11.6 Å². The number of thiazole rings is 1. The van der Waals surface area contributed by atoms with Crippen molar-refractivity contribution >= 4 is 17.0 Å². The van der Waals surface area contributed by atoms with Crippen LogP contribution in [-0.4, -0.2) is 54.4 Å². The van der Waals surface area contributed by atoms with Crippen molar-refractivity contribution in [1.29, 1.82) is 0 Å². The number of anilines is 1. The van der Waals surface area contributed by atoms with Gasteiger partial charge in [0, 0.05) is 32.7 Å². The molecule has 0 radical (unpaired) electrons. The molecule has 2 heterocycles. The lowest BCUT2D eigenvalue weighted by Gasteiger charge is -2.36. The molecule has 0 unspecified atom stereocenters. The first-order chi connectivity index (χ1) is 12.2. The summed E-state index contributed by atoms with van der Waals surface area (Å²) in [6.07, 6.45) is 1.92. The lowest BCUT2D eigenvalue weighted by atomic mass is 10.2. The number of aromatic nitrogens is 1. The molecule has 0 atom stereocenters. The summed E-state index contributed by atoms with van der Waals surface area (Å²) in [5, 5.41) is 11.1. The van der Waals surface area contributed by atoms with Crippen LogP contribution in [0.1, 0.15) is 12.8 Å². The van der Waals surface area contributed by atoms with Crippen LogP contribution in [0.15, 0.2) is 34.4 Å². The second-order valence-corrected chi connectivity index (χ2v) is 7.04. The SMILES string of the molecule is COc1ccccc1N1CCN(CCCCn2c(O)csc2=O)CC1. The third-order valence-electron chi connectivity index (χ3n) is 4.67. The topological polar surface area (TPSA) is 57.9 Å². The van der Waals surface area contributed by atoms with Gasteiger partial charge in [-0.15, -0.1) is 0 Å². The van der Waals surface area contributed by atoms with Gasteiger partial charge in [0.1, 0.15) is 5.75 Å². The van der Waals surface area contributed by atoms with E-state index in [0.717, 1.165) is 68.3 Å². The molecular weight excluding hydrogens is 338 g/mol. The normalized spacial score (nSPS) is 15.5. The van der Waals surface area contributed by atoms with E-state index in [1.54, 1.807) is 7.11 Å². The van der Waals surface area contributed by atoms with Crippen molar-refractivity contribution in [3.63, 3.8) is 0 Å². The molecule has 6 nitrogen and oxygen atoms in total. The Morgan fingerprint density at radius 2 is 1.84 bits per heavy atom. The zero-order valence-corrected chi connectivity index (χ0v) is 15.4. The maximum absolute atomic E-state index is 11.6. The number of benzene rings is 1. The second kappa shape index (κ2) is 8.40. The fourth-order valence-corrected chi connectivity index (χ4v) is 3.88. The minimum Gasteiger partial charge on any atom is -0.495 e. The van der Waals surface area contributed by atoms with E-state index in [1.807, 2.05) is 18.2 Å². The van der Waals surface area contributed by atoms with E-state index in [0.29, 0.717) is 6.54 Å². The average Bonchev–Trinajstić information content (AvgIpc) is 2.97. The Kier molecular flexibility index (Phi) is 5.99. The summed E-state index contributed by atoms with van der Waals surface area (Å²) in [6, 6.07) is 8.16. The highest BCUT2D eigenvalue weighted by Crippen LogP contribution is 2.28. The zero-order valence-electron chi connectivity index (χ0n) is 14.6. The lowest BCUT2D eigenvalue weighted by Crippen LogP contribution is -2.46. The highest BCUT2D eigenvalue weighted by atomic mass is 32.1. The Balaban J connectivity index is 1.42. The van der Waals surface area contributed by atoms with Gasteiger partial charge in [-0.3, -0.25) is 14.3 Å². The molecule has 0 aliphatic carbocycles. The molecule has 7 heteroatoms. The van der Waals surface area contributed by atoms with E-state index in [4.69, 9.17) is 4.74 Å². The number of rotatable bonds is 7. The van der Waals surface area contributed by atoms with E-state index < -0.39 is 0 Å².